The number of nitrogens with one attached hydrogen (secondary N) is 1. The third-order valence-corrected chi connectivity index (χ3v) is 3.48. The molecule has 0 saturated heterocycles. The van der Waals surface area contributed by atoms with Gasteiger partial charge in [0.15, 0.2) is 0 Å². The Kier molecular flexibility index (Phi) is 7.82. The number of nitrogens with zero attached hydrogens (tertiary/aromatic N) is 1. The summed E-state index contributed by atoms with van der Waals surface area (Å²) < 4.78 is 0. The largest absolute Gasteiger partial charge is 0.396 e. The molecule has 0 aromatic rings. The molecule has 0 bridgehead atoms. The van der Waals surface area contributed by atoms with Crippen molar-refractivity contribution in [1.29, 1.82) is 0 Å². The molecule has 17 heavy (non-hydrogen) atoms. The quantitative estimate of drug-likeness (QED) is 0.582. The average Bonchev–Trinajstić information content (AvgIpc) is 3.15. The van der Waals surface area contributed by atoms with Crippen LogP contribution < -0.4 is 5.32 Å². The van der Waals surface area contributed by atoms with Gasteiger partial charge in [0.05, 0.1) is 0 Å². The highest BCUT2D eigenvalue weighted by atomic mass is 16.3. The lowest BCUT2D eigenvalue weighted by Gasteiger charge is -2.28. The maximum Gasteiger partial charge on any atom is 0.0446 e. The van der Waals surface area contributed by atoms with Crippen LogP contribution in [-0.2, 0) is 0 Å². The Morgan fingerprint density at radius 2 is 2.06 bits per heavy atom. The number of aliphatic hydroxyl groups is 1. The third-order valence-electron chi connectivity index (χ3n) is 3.48. The molecule has 1 aliphatic rings. The van der Waals surface area contributed by atoms with Crippen molar-refractivity contribution < 1.29 is 5.11 Å². The zero-order valence-corrected chi connectivity index (χ0v) is 11.6. The van der Waals surface area contributed by atoms with Gasteiger partial charge < -0.3 is 10.4 Å². The summed E-state index contributed by atoms with van der Waals surface area (Å²) in [5.74, 6) is 0. The highest BCUT2D eigenvalue weighted by Crippen LogP contribution is 2.27. The van der Waals surface area contributed by atoms with Crippen LogP contribution in [-0.4, -0.2) is 48.3 Å². The van der Waals surface area contributed by atoms with Gasteiger partial charge in [-0.2, -0.15) is 0 Å². The second kappa shape index (κ2) is 8.90. The summed E-state index contributed by atoms with van der Waals surface area (Å²) in [6.45, 7) is 8.16. The lowest BCUT2D eigenvalue weighted by Crippen LogP contribution is -2.43. The maximum atomic E-state index is 9.12. The summed E-state index contributed by atoms with van der Waals surface area (Å²) in [5, 5.41) is 12.7. The summed E-state index contributed by atoms with van der Waals surface area (Å²) in [4.78, 5) is 2.63. The van der Waals surface area contributed by atoms with E-state index in [4.69, 9.17) is 5.11 Å². The van der Waals surface area contributed by atoms with Crippen molar-refractivity contribution in [2.24, 2.45) is 0 Å². The fraction of sp³-hybridized carbons (Fsp3) is 1.00. The van der Waals surface area contributed by atoms with E-state index in [0.29, 0.717) is 12.6 Å². The number of aliphatic hydroxyl groups excluding tert-OH is 1. The topological polar surface area (TPSA) is 35.5 Å². The van der Waals surface area contributed by atoms with Crippen LogP contribution in [0.5, 0.6) is 0 Å². The predicted octanol–water partition coefficient (Wildman–Crippen LogP) is 2.00. The first-order chi connectivity index (χ1) is 8.31. The van der Waals surface area contributed by atoms with Crippen molar-refractivity contribution in [2.45, 2.75) is 64.5 Å². The summed E-state index contributed by atoms with van der Waals surface area (Å²) in [6, 6.07) is 1.31. The zero-order chi connectivity index (χ0) is 12.5. The molecule has 0 amide bonds. The number of hydrogen-bond donors (Lipinski definition) is 2. The van der Waals surface area contributed by atoms with Crippen molar-refractivity contribution >= 4 is 0 Å². The first kappa shape index (κ1) is 14.9. The Hall–Kier alpha value is -0.120. The fourth-order valence-electron chi connectivity index (χ4n) is 2.27. The lowest BCUT2D eigenvalue weighted by molar-refractivity contribution is 0.199. The van der Waals surface area contributed by atoms with Gasteiger partial charge in [-0.05, 0) is 45.2 Å². The van der Waals surface area contributed by atoms with Gasteiger partial charge in [0.25, 0.3) is 0 Å². The molecule has 1 aliphatic carbocycles. The highest BCUT2D eigenvalue weighted by molar-refractivity contribution is 4.86. The van der Waals surface area contributed by atoms with Gasteiger partial charge in [0, 0.05) is 25.2 Å². The summed E-state index contributed by atoms with van der Waals surface area (Å²) in [6.07, 6.45) is 7.38. The van der Waals surface area contributed by atoms with Crippen LogP contribution in [0.1, 0.15) is 52.4 Å². The molecule has 102 valence electrons. The van der Waals surface area contributed by atoms with Crippen molar-refractivity contribution in [1.82, 2.24) is 10.2 Å². The van der Waals surface area contributed by atoms with Crippen molar-refractivity contribution in [2.75, 3.05) is 26.2 Å². The van der Waals surface area contributed by atoms with Gasteiger partial charge in [-0.3, -0.25) is 4.90 Å². The van der Waals surface area contributed by atoms with E-state index in [1.165, 1.54) is 38.6 Å². The predicted molar refractivity (Wildman–Crippen MR) is 73.3 cm³/mol. The molecule has 0 heterocycles. The smallest absolute Gasteiger partial charge is 0.0446 e. The molecule has 3 nitrogen and oxygen atoms in total. The minimum Gasteiger partial charge on any atom is -0.396 e. The molecule has 1 unspecified atom stereocenters. The van der Waals surface area contributed by atoms with E-state index in [1.807, 2.05) is 0 Å². The molecule has 0 aliphatic heterocycles. The van der Waals surface area contributed by atoms with Crippen molar-refractivity contribution in [3.63, 3.8) is 0 Å². The van der Waals surface area contributed by atoms with E-state index in [0.717, 1.165) is 25.6 Å². The van der Waals surface area contributed by atoms with Gasteiger partial charge in [-0.25, -0.2) is 0 Å². The van der Waals surface area contributed by atoms with Crippen molar-refractivity contribution in [3.8, 4) is 0 Å². The summed E-state index contributed by atoms with van der Waals surface area (Å²) in [5.41, 5.74) is 0. The molecule has 2 N–H and O–H groups in total. The Labute approximate surface area is 107 Å². The Morgan fingerprint density at radius 1 is 1.29 bits per heavy atom. The van der Waals surface area contributed by atoms with Gasteiger partial charge in [-0.1, -0.05) is 20.3 Å². The van der Waals surface area contributed by atoms with E-state index < -0.39 is 0 Å². The second-order valence-corrected chi connectivity index (χ2v) is 5.24. The van der Waals surface area contributed by atoms with E-state index in [2.05, 4.69) is 24.1 Å². The SMILES string of the molecule is CCCCN(CC(CCO)NCCC)C1CC1. The van der Waals surface area contributed by atoms with Gasteiger partial charge in [0.1, 0.15) is 0 Å². The van der Waals surface area contributed by atoms with Crippen LogP contribution in [0.3, 0.4) is 0 Å². The molecule has 0 radical (unpaired) electrons. The molecule has 1 saturated carbocycles. The third kappa shape index (κ3) is 6.39. The molecular formula is C14H30N2O. The molecule has 1 rings (SSSR count). The summed E-state index contributed by atoms with van der Waals surface area (Å²) >= 11 is 0. The van der Waals surface area contributed by atoms with Crippen molar-refractivity contribution in [3.05, 3.63) is 0 Å². The number of unbranched alkanes of at least 4 members (excludes halogenated alkanes) is 1. The Bertz CT molecular complexity index is 183. The number of rotatable bonds is 11. The molecule has 0 spiro atoms. The second-order valence-electron chi connectivity index (χ2n) is 5.24. The first-order valence-electron chi connectivity index (χ1n) is 7.40. The van der Waals surface area contributed by atoms with E-state index in [1.54, 1.807) is 0 Å². The summed E-state index contributed by atoms with van der Waals surface area (Å²) in [7, 11) is 0. The molecule has 3 heteroatoms. The average molecular weight is 242 g/mol. The first-order valence-corrected chi connectivity index (χ1v) is 7.40. The Morgan fingerprint density at radius 3 is 2.59 bits per heavy atom. The van der Waals surface area contributed by atoms with Crippen LogP contribution in [0, 0.1) is 0 Å². The normalized spacial score (nSPS) is 17.6. The van der Waals surface area contributed by atoms with Crippen LogP contribution in [0.4, 0.5) is 0 Å². The Balaban J connectivity index is 2.31. The standard InChI is InChI=1S/C14H30N2O/c1-3-5-10-16(14-6-7-14)12-13(8-11-17)15-9-4-2/h13-15,17H,3-12H2,1-2H3. The van der Waals surface area contributed by atoms with Crippen LogP contribution in [0.2, 0.25) is 0 Å². The maximum absolute atomic E-state index is 9.12. The molecule has 0 aromatic carbocycles. The van der Waals surface area contributed by atoms with Gasteiger partial charge in [0.2, 0.25) is 0 Å². The van der Waals surface area contributed by atoms with E-state index in [9.17, 15) is 0 Å². The minimum absolute atomic E-state index is 0.299. The zero-order valence-electron chi connectivity index (χ0n) is 11.6. The van der Waals surface area contributed by atoms with E-state index in [-0.39, 0.29) is 0 Å². The van der Waals surface area contributed by atoms with Crippen LogP contribution in [0.15, 0.2) is 0 Å². The molecule has 0 aromatic heterocycles. The van der Waals surface area contributed by atoms with Crippen LogP contribution >= 0.6 is 0 Å². The fourth-order valence-corrected chi connectivity index (χ4v) is 2.27. The monoisotopic (exact) mass is 242 g/mol. The molecular weight excluding hydrogens is 212 g/mol. The van der Waals surface area contributed by atoms with Gasteiger partial charge >= 0.3 is 0 Å². The molecule has 1 fully saturated rings. The molecule has 1 atom stereocenters. The highest BCUT2D eigenvalue weighted by Gasteiger charge is 2.29. The lowest BCUT2D eigenvalue weighted by atomic mass is 10.1. The minimum atomic E-state index is 0.299. The van der Waals surface area contributed by atoms with Gasteiger partial charge in [-0.15, -0.1) is 0 Å². The van der Waals surface area contributed by atoms with E-state index >= 15 is 0 Å². The van der Waals surface area contributed by atoms with Crippen LogP contribution in [0.25, 0.3) is 0 Å². The number of hydrogen-bond acceptors (Lipinski definition) is 3.